The Morgan fingerprint density at radius 2 is 2.12 bits per heavy atom. The van der Waals surface area contributed by atoms with Gasteiger partial charge in [0.2, 0.25) is 0 Å². The molecule has 1 aromatic heterocycles. The number of nitrogen functional groups attached to an aromatic ring is 1. The van der Waals surface area contributed by atoms with E-state index < -0.39 is 35.2 Å². The minimum atomic E-state index is -1.32. The summed E-state index contributed by atoms with van der Waals surface area (Å²) in [7, 11) is 1.25. The number of anilines is 1. The van der Waals surface area contributed by atoms with Crippen molar-refractivity contribution in [2.24, 2.45) is 5.16 Å². The van der Waals surface area contributed by atoms with Crippen LogP contribution in [-0.2, 0) is 33.5 Å². The normalized spacial score (nSPS) is 19.4. The highest BCUT2D eigenvalue weighted by Gasteiger charge is 2.54. The van der Waals surface area contributed by atoms with E-state index in [1.807, 2.05) is 0 Å². The summed E-state index contributed by atoms with van der Waals surface area (Å²) in [4.78, 5) is 66.2. The number of rotatable bonds is 7. The van der Waals surface area contributed by atoms with E-state index in [1.54, 1.807) is 0 Å². The standard InChI is InChI=1S/C16H17N5O7S2.CH2O2/c1-6(22)28-3-7-4-29-14-10(13(24)21(14)11(7)15(25)26)19-12(23)9(20-27-2)8-5-30-16(17)18-8;2-1-3/h5,10,14H,3-4H2,1-2H3,(H2,17,18)(H,19,23)(H,25,26);1H,(H,2,3)/b20-9+;/t10-,14-;/m1./s1. The van der Waals surface area contributed by atoms with Gasteiger partial charge in [0, 0.05) is 23.6 Å². The number of amides is 2. The first-order valence-electron chi connectivity index (χ1n) is 8.90. The molecule has 1 aromatic rings. The van der Waals surface area contributed by atoms with E-state index in [-0.39, 0.29) is 41.1 Å². The molecule has 0 aliphatic carbocycles. The predicted octanol–water partition coefficient (Wildman–Crippen LogP) is -0.922. The van der Waals surface area contributed by atoms with Crippen LogP contribution in [0.4, 0.5) is 5.13 Å². The predicted molar refractivity (Wildman–Crippen MR) is 115 cm³/mol. The van der Waals surface area contributed by atoms with Crippen LogP contribution < -0.4 is 11.1 Å². The molecule has 1 saturated heterocycles. The number of carbonyl (C=O) groups is 5. The number of carboxylic acid groups (broad SMARTS) is 2. The Hall–Kier alpha value is -3.66. The van der Waals surface area contributed by atoms with E-state index >= 15 is 0 Å². The first-order chi connectivity index (χ1) is 15.7. The van der Waals surface area contributed by atoms with Crippen molar-refractivity contribution in [2.75, 3.05) is 25.2 Å². The molecule has 0 radical (unpaired) electrons. The SMILES string of the molecule is CO/N=C(/C(=O)N[C@@H]1C(=O)N2C(C(=O)O)=C(COC(C)=O)CS[C@H]12)c1csc(N)n1.O=CO. The molecule has 16 heteroatoms. The highest BCUT2D eigenvalue weighted by Crippen LogP contribution is 2.40. The first-order valence-corrected chi connectivity index (χ1v) is 10.8. The number of aromatic nitrogens is 1. The van der Waals surface area contributed by atoms with Gasteiger partial charge in [-0.3, -0.25) is 24.1 Å². The second-order valence-electron chi connectivity index (χ2n) is 6.20. The van der Waals surface area contributed by atoms with Gasteiger partial charge in [-0.05, 0) is 0 Å². The van der Waals surface area contributed by atoms with Crippen LogP contribution in [0, 0.1) is 0 Å². The number of carboxylic acids is 1. The lowest BCUT2D eigenvalue weighted by atomic mass is 10.0. The molecule has 5 N–H and O–H groups in total. The van der Waals surface area contributed by atoms with Gasteiger partial charge in [0.05, 0.1) is 0 Å². The van der Waals surface area contributed by atoms with Gasteiger partial charge >= 0.3 is 11.9 Å². The molecule has 14 nitrogen and oxygen atoms in total. The molecular weight excluding hydrogens is 482 g/mol. The summed E-state index contributed by atoms with van der Waals surface area (Å²) in [5.41, 5.74) is 5.67. The molecule has 1 fully saturated rings. The summed E-state index contributed by atoms with van der Waals surface area (Å²) in [6.07, 6.45) is 0. The second-order valence-corrected chi connectivity index (χ2v) is 8.19. The minimum absolute atomic E-state index is 0.165. The summed E-state index contributed by atoms with van der Waals surface area (Å²) in [6, 6.07) is -0.967. The topological polar surface area (TPSA) is 211 Å². The molecule has 2 aliphatic heterocycles. The minimum Gasteiger partial charge on any atom is -0.483 e. The lowest BCUT2D eigenvalue weighted by molar-refractivity contribution is -0.150. The fourth-order valence-corrected chi connectivity index (χ4v) is 4.76. The maximum atomic E-state index is 12.7. The Bertz CT molecular complexity index is 1020. The molecule has 3 rings (SSSR count). The number of hydrogen-bond donors (Lipinski definition) is 4. The molecule has 3 heterocycles. The zero-order chi connectivity index (χ0) is 24.7. The Balaban J connectivity index is 0.00000122. The van der Waals surface area contributed by atoms with Crippen LogP contribution in [0.2, 0.25) is 0 Å². The Labute approximate surface area is 194 Å². The number of ether oxygens (including phenoxy) is 1. The number of thiazole rings is 1. The number of thioether (sulfide) groups is 1. The van der Waals surface area contributed by atoms with Crippen LogP contribution >= 0.6 is 23.1 Å². The van der Waals surface area contributed by atoms with E-state index in [2.05, 4.69) is 20.3 Å². The van der Waals surface area contributed by atoms with E-state index in [1.165, 1.54) is 31.2 Å². The van der Waals surface area contributed by atoms with Crippen LogP contribution in [0.1, 0.15) is 12.6 Å². The van der Waals surface area contributed by atoms with Crippen molar-refractivity contribution in [1.82, 2.24) is 15.2 Å². The van der Waals surface area contributed by atoms with E-state index in [0.717, 1.165) is 16.2 Å². The molecule has 178 valence electrons. The fourth-order valence-electron chi connectivity index (χ4n) is 2.88. The third kappa shape index (κ3) is 5.78. The number of fused-ring (bicyclic) bond motifs is 1. The number of hydrogen-bond acceptors (Lipinski definition) is 12. The first kappa shape index (κ1) is 25.6. The van der Waals surface area contributed by atoms with Gasteiger partial charge in [-0.25, -0.2) is 9.78 Å². The van der Waals surface area contributed by atoms with Gasteiger partial charge in [-0.15, -0.1) is 23.1 Å². The van der Waals surface area contributed by atoms with Gasteiger partial charge in [0.25, 0.3) is 18.3 Å². The van der Waals surface area contributed by atoms with Crippen molar-refractivity contribution in [2.45, 2.75) is 18.3 Å². The molecule has 0 saturated carbocycles. The molecule has 0 bridgehead atoms. The number of oxime groups is 1. The Morgan fingerprint density at radius 1 is 1.45 bits per heavy atom. The van der Waals surface area contributed by atoms with Gasteiger partial charge in [-0.1, -0.05) is 5.16 Å². The summed E-state index contributed by atoms with van der Waals surface area (Å²) in [6.45, 7) is 0.725. The summed E-state index contributed by atoms with van der Waals surface area (Å²) in [5.74, 6) is -2.98. The number of nitrogens with two attached hydrogens (primary N) is 1. The van der Waals surface area contributed by atoms with E-state index in [0.29, 0.717) is 5.57 Å². The third-order valence-electron chi connectivity index (χ3n) is 4.15. The highest BCUT2D eigenvalue weighted by atomic mass is 32.2. The number of β-lactam (4-membered cyclic amide) rings is 1. The average Bonchev–Trinajstić information content (AvgIpc) is 3.19. The molecule has 2 amide bonds. The number of aliphatic carboxylic acids is 1. The molecule has 0 unspecified atom stereocenters. The maximum Gasteiger partial charge on any atom is 0.352 e. The average molecular weight is 501 g/mol. The van der Waals surface area contributed by atoms with Crippen LogP contribution in [0.3, 0.4) is 0 Å². The largest absolute Gasteiger partial charge is 0.483 e. The monoisotopic (exact) mass is 501 g/mol. The number of nitrogens with zero attached hydrogens (tertiary/aromatic N) is 3. The van der Waals surface area contributed by atoms with E-state index in [9.17, 15) is 24.3 Å². The molecule has 33 heavy (non-hydrogen) atoms. The molecule has 2 aliphatic rings. The Morgan fingerprint density at radius 3 is 2.64 bits per heavy atom. The lowest BCUT2D eigenvalue weighted by Gasteiger charge is -2.49. The lowest BCUT2D eigenvalue weighted by Crippen LogP contribution is -2.71. The molecule has 0 spiro atoms. The molecular formula is C17H19N5O9S2. The van der Waals surface area contributed by atoms with Crippen molar-refractivity contribution in [3.63, 3.8) is 0 Å². The van der Waals surface area contributed by atoms with Gasteiger partial charge < -0.3 is 30.8 Å². The third-order valence-corrected chi connectivity index (χ3v) is 6.16. The fraction of sp³-hybridized carbons (Fsp3) is 0.353. The van der Waals surface area contributed by atoms with Crippen molar-refractivity contribution < 1.29 is 43.8 Å². The smallest absolute Gasteiger partial charge is 0.352 e. The number of esters is 1. The highest BCUT2D eigenvalue weighted by molar-refractivity contribution is 8.00. The van der Waals surface area contributed by atoms with Crippen LogP contribution in [0.25, 0.3) is 0 Å². The van der Waals surface area contributed by atoms with Crippen molar-refractivity contribution >= 4 is 64.2 Å². The quantitative estimate of drug-likeness (QED) is 0.117. The molecule has 0 aromatic carbocycles. The second kappa shape index (κ2) is 11.3. The summed E-state index contributed by atoms with van der Waals surface area (Å²) < 4.78 is 4.88. The van der Waals surface area contributed by atoms with Crippen molar-refractivity contribution in [1.29, 1.82) is 0 Å². The molecule has 2 atom stereocenters. The van der Waals surface area contributed by atoms with Crippen LogP contribution in [-0.4, -0.2) is 86.9 Å². The van der Waals surface area contributed by atoms with Gasteiger partial charge in [0.1, 0.15) is 36.5 Å². The van der Waals surface area contributed by atoms with Crippen molar-refractivity contribution in [3.8, 4) is 0 Å². The maximum absolute atomic E-state index is 12.7. The van der Waals surface area contributed by atoms with E-state index in [4.69, 9.17) is 20.4 Å². The van der Waals surface area contributed by atoms with Crippen LogP contribution in [0.5, 0.6) is 0 Å². The summed E-state index contributed by atoms with van der Waals surface area (Å²) >= 11 is 2.35. The number of nitrogens with one attached hydrogen (secondary N) is 1. The number of carbonyl (C=O) groups excluding carboxylic acids is 3. The van der Waals surface area contributed by atoms with Gasteiger partial charge in [0.15, 0.2) is 10.8 Å². The zero-order valence-electron chi connectivity index (χ0n) is 17.2. The zero-order valence-corrected chi connectivity index (χ0v) is 18.8. The Kier molecular flexibility index (Phi) is 8.75. The summed E-state index contributed by atoms with van der Waals surface area (Å²) in [5, 5.41) is 23.8. The van der Waals surface area contributed by atoms with Gasteiger partial charge in [-0.2, -0.15) is 0 Å². The van der Waals surface area contributed by atoms with Crippen LogP contribution in [0.15, 0.2) is 21.8 Å². The van der Waals surface area contributed by atoms with Crippen molar-refractivity contribution in [3.05, 3.63) is 22.3 Å².